The minimum atomic E-state index is -3.87. The van der Waals surface area contributed by atoms with E-state index in [0.29, 0.717) is 17.5 Å². The number of nitrogens with one attached hydrogen (secondary N) is 1. The number of nitro benzene ring substituents is 1. The Morgan fingerprint density at radius 2 is 1.86 bits per heavy atom. The van der Waals surface area contributed by atoms with Crippen molar-refractivity contribution in [2.45, 2.75) is 25.2 Å². The molecule has 1 heterocycles. The molecule has 0 saturated carbocycles. The molecule has 0 saturated heterocycles. The second kappa shape index (κ2) is 7.91. The molecule has 0 unspecified atom stereocenters. The summed E-state index contributed by atoms with van der Waals surface area (Å²) in [5.41, 5.74) is 2.45. The topological polar surface area (TPSA) is 107 Å². The van der Waals surface area contributed by atoms with Crippen LogP contribution in [0.2, 0.25) is 0 Å². The number of nitrogens with zero attached hydrogens (tertiary/aromatic N) is 3. The van der Waals surface area contributed by atoms with Crippen LogP contribution < -0.4 is 4.72 Å². The van der Waals surface area contributed by atoms with E-state index < -0.39 is 14.9 Å². The Hall–Kier alpha value is -3.04. The number of non-ortho nitro benzene ring substituents is 1. The van der Waals surface area contributed by atoms with Crippen LogP contribution in [-0.4, -0.2) is 29.7 Å². The molecule has 1 N–H and O–H groups in total. The third-order valence-electron chi connectivity index (χ3n) is 4.44. The van der Waals surface area contributed by atoms with Gasteiger partial charge in [0.2, 0.25) is 10.0 Å². The van der Waals surface area contributed by atoms with Gasteiger partial charge in [0.05, 0.1) is 21.2 Å². The fourth-order valence-corrected chi connectivity index (χ4v) is 4.17. The molecule has 146 valence electrons. The molecule has 0 atom stereocenters. The minimum absolute atomic E-state index is 0.0750. The van der Waals surface area contributed by atoms with Gasteiger partial charge in [-0.15, -0.1) is 0 Å². The highest BCUT2D eigenvalue weighted by molar-refractivity contribution is 7.89. The number of para-hydroxylation sites is 1. The molecule has 0 aliphatic heterocycles. The molecule has 3 aromatic rings. The van der Waals surface area contributed by atoms with Crippen LogP contribution in [0.3, 0.4) is 0 Å². The molecule has 0 bridgehead atoms. The van der Waals surface area contributed by atoms with Crippen molar-refractivity contribution in [2.24, 2.45) is 0 Å². The van der Waals surface area contributed by atoms with Crippen molar-refractivity contribution < 1.29 is 13.3 Å². The zero-order valence-electron chi connectivity index (χ0n) is 15.5. The number of aryl methyl sites for hydroxylation is 1. The van der Waals surface area contributed by atoms with Crippen LogP contribution in [0.1, 0.15) is 16.8 Å². The Morgan fingerprint density at radius 3 is 2.54 bits per heavy atom. The molecule has 0 fully saturated rings. The highest BCUT2D eigenvalue weighted by Gasteiger charge is 2.22. The predicted octanol–water partition coefficient (Wildman–Crippen LogP) is 2.92. The van der Waals surface area contributed by atoms with E-state index in [9.17, 15) is 18.5 Å². The van der Waals surface area contributed by atoms with Crippen molar-refractivity contribution in [1.82, 2.24) is 14.5 Å². The van der Waals surface area contributed by atoms with Crippen molar-refractivity contribution in [3.63, 3.8) is 0 Å². The Morgan fingerprint density at radius 1 is 1.14 bits per heavy atom. The quantitative estimate of drug-likeness (QED) is 0.485. The van der Waals surface area contributed by atoms with Crippen LogP contribution in [-0.2, 0) is 16.4 Å². The lowest BCUT2D eigenvalue weighted by Crippen LogP contribution is -2.27. The van der Waals surface area contributed by atoms with Gasteiger partial charge in [0.1, 0.15) is 0 Å². The molecule has 2 aromatic carbocycles. The summed E-state index contributed by atoms with van der Waals surface area (Å²) in [4.78, 5) is 10.4. The summed E-state index contributed by atoms with van der Waals surface area (Å²) in [7, 11) is -3.87. The van der Waals surface area contributed by atoms with Crippen LogP contribution in [0.5, 0.6) is 0 Å². The highest BCUT2D eigenvalue weighted by Crippen LogP contribution is 2.25. The van der Waals surface area contributed by atoms with Gasteiger partial charge in [0.25, 0.3) is 5.69 Å². The summed E-state index contributed by atoms with van der Waals surface area (Å²) in [5, 5.41) is 15.5. The molecule has 0 aliphatic carbocycles. The van der Waals surface area contributed by atoms with Gasteiger partial charge in [-0.3, -0.25) is 10.1 Å². The Bertz CT molecular complexity index is 1110. The second-order valence-electron chi connectivity index (χ2n) is 6.38. The summed E-state index contributed by atoms with van der Waals surface area (Å²) >= 11 is 0. The lowest BCUT2D eigenvalue weighted by atomic mass is 10.1. The molecule has 9 heteroatoms. The number of aromatic nitrogens is 2. The summed E-state index contributed by atoms with van der Waals surface area (Å²) < 4.78 is 29.5. The second-order valence-corrected chi connectivity index (χ2v) is 8.11. The van der Waals surface area contributed by atoms with Crippen LogP contribution >= 0.6 is 0 Å². The fourth-order valence-electron chi connectivity index (χ4n) is 2.80. The van der Waals surface area contributed by atoms with Gasteiger partial charge in [-0.2, -0.15) is 5.10 Å². The van der Waals surface area contributed by atoms with Gasteiger partial charge in [-0.25, -0.2) is 17.8 Å². The zero-order chi connectivity index (χ0) is 20.3. The number of hydrogen-bond acceptors (Lipinski definition) is 5. The third-order valence-corrected chi connectivity index (χ3v) is 6.03. The first-order chi connectivity index (χ1) is 13.3. The number of rotatable bonds is 7. The average molecular weight is 400 g/mol. The summed E-state index contributed by atoms with van der Waals surface area (Å²) in [6.07, 6.45) is 2.21. The zero-order valence-corrected chi connectivity index (χ0v) is 16.3. The van der Waals surface area contributed by atoms with E-state index in [1.54, 1.807) is 18.5 Å². The van der Waals surface area contributed by atoms with E-state index in [2.05, 4.69) is 9.82 Å². The first kappa shape index (κ1) is 19.7. The number of nitro groups is 1. The van der Waals surface area contributed by atoms with Gasteiger partial charge < -0.3 is 0 Å². The van der Waals surface area contributed by atoms with E-state index in [0.717, 1.165) is 17.4 Å². The molecule has 0 radical (unpaired) electrons. The van der Waals surface area contributed by atoms with Gasteiger partial charge in [-0.05, 0) is 43.2 Å². The van der Waals surface area contributed by atoms with Crippen molar-refractivity contribution >= 4 is 15.7 Å². The van der Waals surface area contributed by atoms with Crippen molar-refractivity contribution in [3.05, 3.63) is 81.7 Å². The van der Waals surface area contributed by atoms with Gasteiger partial charge in [-0.1, -0.05) is 18.2 Å². The monoisotopic (exact) mass is 400 g/mol. The molecule has 8 nitrogen and oxygen atoms in total. The van der Waals surface area contributed by atoms with Crippen LogP contribution in [0.4, 0.5) is 5.69 Å². The average Bonchev–Trinajstić information content (AvgIpc) is 3.13. The van der Waals surface area contributed by atoms with E-state index in [4.69, 9.17) is 0 Å². The molecule has 28 heavy (non-hydrogen) atoms. The third kappa shape index (κ3) is 4.26. The number of hydrogen-bond donors (Lipinski definition) is 1. The van der Waals surface area contributed by atoms with E-state index in [1.165, 1.54) is 6.07 Å². The smallest absolute Gasteiger partial charge is 0.258 e. The first-order valence-corrected chi connectivity index (χ1v) is 10.1. The molecular weight excluding hydrogens is 380 g/mol. The largest absolute Gasteiger partial charge is 0.271 e. The lowest BCUT2D eigenvalue weighted by molar-refractivity contribution is -0.385. The molecule has 0 spiro atoms. The van der Waals surface area contributed by atoms with Gasteiger partial charge in [0, 0.05) is 31.3 Å². The molecule has 1 aromatic heterocycles. The Labute approximate surface area is 163 Å². The highest BCUT2D eigenvalue weighted by atomic mass is 32.2. The van der Waals surface area contributed by atoms with E-state index in [1.807, 2.05) is 42.6 Å². The number of sulfonamides is 1. The summed E-state index contributed by atoms with van der Waals surface area (Å²) in [5.74, 6) is 0. The van der Waals surface area contributed by atoms with Crippen molar-refractivity contribution in [3.8, 4) is 5.69 Å². The number of benzene rings is 2. The van der Waals surface area contributed by atoms with Gasteiger partial charge >= 0.3 is 0 Å². The summed E-state index contributed by atoms with van der Waals surface area (Å²) in [6.45, 7) is 3.42. The molecule has 0 amide bonds. The SMILES string of the molecule is Cc1cc([N+](=O)[O-])cc(S(=O)(=O)NCCc2ccn(-c3ccccc3)n2)c1C. The van der Waals surface area contributed by atoms with E-state index in [-0.39, 0.29) is 17.1 Å². The maximum absolute atomic E-state index is 12.6. The Balaban J connectivity index is 1.71. The van der Waals surface area contributed by atoms with Crippen molar-refractivity contribution in [2.75, 3.05) is 6.54 Å². The predicted molar refractivity (Wildman–Crippen MR) is 105 cm³/mol. The molecular formula is C19H20N4O4S. The maximum Gasteiger partial charge on any atom is 0.271 e. The molecule has 3 rings (SSSR count). The van der Waals surface area contributed by atoms with Crippen LogP contribution in [0, 0.1) is 24.0 Å². The molecule has 0 aliphatic rings. The standard InChI is InChI=1S/C19H20N4O4S/c1-14-12-18(23(24)25)13-19(15(14)2)28(26,27)20-10-8-16-9-11-22(21-16)17-6-4-3-5-7-17/h3-7,9,11-13,20H,8,10H2,1-2H3. The van der Waals surface area contributed by atoms with Gasteiger partial charge in [0.15, 0.2) is 0 Å². The first-order valence-electron chi connectivity index (χ1n) is 8.63. The normalized spacial score (nSPS) is 11.5. The maximum atomic E-state index is 12.6. The summed E-state index contributed by atoms with van der Waals surface area (Å²) in [6, 6.07) is 13.9. The van der Waals surface area contributed by atoms with Crippen molar-refractivity contribution in [1.29, 1.82) is 0 Å². The lowest BCUT2D eigenvalue weighted by Gasteiger charge is -2.11. The van der Waals surface area contributed by atoms with Crippen LogP contribution in [0.15, 0.2) is 59.6 Å². The fraction of sp³-hybridized carbons (Fsp3) is 0.211. The minimum Gasteiger partial charge on any atom is -0.258 e. The van der Waals surface area contributed by atoms with E-state index >= 15 is 0 Å². The van der Waals surface area contributed by atoms with Crippen LogP contribution in [0.25, 0.3) is 5.69 Å². The Kier molecular flexibility index (Phi) is 5.57.